The third-order valence-corrected chi connectivity index (χ3v) is 8.39. The Morgan fingerprint density at radius 2 is 1.11 bits per heavy atom. The summed E-state index contributed by atoms with van der Waals surface area (Å²) >= 11 is 0. The van der Waals surface area contributed by atoms with Crippen molar-refractivity contribution >= 4 is 61.7 Å². The van der Waals surface area contributed by atoms with E-state index in [1.807, 2.05) is 43.3 Å². The molecule has 8 aromatic rings. The molecule has 0 atom stereocenters. The Balaban J connectivity index is 1.44. The second kappa shape index (κ2) is 10.4. The van der Waals surface area contributed by atoms with Crippen LogP contribution in [-0.4, -0.2) is 21.3 Å². The summed E-state index contributed by atoms with van der Waals surface area (Å²) in [6.45, 7) is 5.90. The maximum absolute atomic E-state index is 5.25. The zero-order valence-electron chi connectivity index (χ0n) is 24.3. The van der Waals surface area contributed by atoms with Gasteiger partial charge in [-0.3, -0.25) is 9.56 Å². The van der Waals surface area contributed by atoms with Crippen molar-refractivity contribution < 1.29 is 0 Å². The molecule has 208 valence electrons. The molecule has 4 nitrogen and oxygen atoms in total. The van der Waals surface area contributed by atoms with Crippen molar-refractivity contribution in [3.63, 3.8) is 0 Å². The van der Waals surface area contributed by atoms with Gasteiger partial charge in [-0.05, 0) is 70.2 Å². The first-order valence-electron chi connectivity index (χ1n) is 14.8. The molecule has 0 saturated carbocycles. The first-order valence-corrected chi connectivity index (χ1v) is 14.8. The summed E-state index contributed by atoms with van der Waals surface area (Å²) in [5, 5.41) is 8.44. The van der Waals surface area contributed by atoms with Crippen molar-refractivity contribution in [2.24, 2.45) is 4.99 Å². The van der Waals surface area contributed by atoms with E-state index in [1.165, 1.54) is 32.3 Å². The fourth-order valence-corrected chi connectivity index (χ4v) is 6.44. The standard InChI is InChI=1S/C40H28N4/c1-3-13-38-39(41-2)33-20-11-12-21-37(33)44(38)40-42-35(26-14-5-4-6-15-26)25-36(43-40)27-22-23-32-30-18-8-7-16-28(30)29-17-9-10-19-31(29)34(32)24-27/h3-25H,2H2,1H3/b13-3-. The molecule has 0 radical (unpaired) electrons. The van der Waals surface area contributed by atoms with Crippen molar-refractivity contribution in [1.29, 1.82) is 0 Å². The number of benzene rings is 6. The molecular formula is C40H28N4. The van der Waals surface area contributed by atoms with Crippen LogP contribution in [-0.2, 0) is 0 Å². The predicted molar refractivity (Wildman–Crippen MR) is 186 cm³/mol. The minimum Gasteiger partial charge on any atom is -0.276 e. The topological polar surface area (TPSA) is 43.1 Å². The molecule has 0 fully saturated rings. The monoisotopic (exact) mass is 564 g/mol. The zero-order valence-corrected chi connectivity index (χ0v) is 24.3. The molecule has 0 aliphatic heterocycles. The zero-order chi connectivity index (χ0) is 29.6. The first kappa shape index (κ1) is 25.8. The lowest BCUT2D eigenvalue weighted by Crippen LogP contribution is -2.05. The molecular weight excluding hydrogens is 536 g/mol. The molecule has 8 rings (SSSR count). The molecule has 0 aliphatic carbocycles. The van der Waals surface area contributed by atoms with Crippen LogP contribution in [0.25, 0.3) is 77.8 Å². The highest BCUT2D eigenvalue weighted by Crippen LogP contribution is 2.39. The Bertz CT molecular complexity index is 2380. The van der Waals surface area contributed by atoms with Crippen LogP contribution in [0.2, 0.25) is 0 Å². The molecule has 0 spiro atoms. The van der Waals surface area contributed by atoms with Gasteiger partial charge >= 0.3 is 0 Å². The average molecular weight is 565 g/mol. The fraction of sp³-hybridized carbons (Fsp3) is 0.0250. The number of hydrogen-bond donors (Lipinski definition) is 0. The Morgan fingerprint density at radius 3 is 1.75 bits per heavy atom. The highest BCUT2D eigenvalue weighted by Gasteiger charge is 2.20. The van der Waals surface area contributed by atoms with Crippen molar-refractivity contribution in [2.45, 2.75) is 6.92 Å². The van der Waals surface area contributed by atoms with Crippen LogP contribution < -0.4 is 0 Å². The minimum atomic E-state index is 0.587. The number of nitrogens with zero attached hydrogens (tertiary/aromatic N) is 4. The Labute approximate surface area is 255 Å². The molecule has 0 aliphatic rings. The number of hydrogen-bond acceptors (Lipinski definition) is 3. The minimum absolute atomic E-state index is 0.587. The van der Waals surface area contributed by atoms with E-state index in [9.17, 15) is 0 Å². The second-order valence-corrected chi connectivity index (χ2v) is 10.9. The van der Waals surface area contributed by atoms with Gasteiger partial charge < -0.3 is 0 Å². The van der Waals surface area contributed by atoms with Crippen molar-refractivity contribution in [2.75, 3.05) is 0 Å². The van der Waals surface area contributed by atoms with Gasteiger partial charge in [-0.15, -0.1) is 0 Å². The summed E-state index contributed by atoms with van der Waals surface area (Å²) in [6.07, 6.45) is 4.07. The highest BCUT2D eigenvalue weighted by atomic mass is 15.2. The number of allylic oxidation sites excluding steroid dienone is 1. The molecule has 4 heteroatoms. The van der Waals surface area contributed by atoms with Crippen molar-refractivity contribution in [3.8, 4) is 28.5 Å². The SMILES string of the molecule is C=Nc1c(/C=C\C)n(-c2nc(-c3ccccc3)cc(-c3ccc4c5ccccc5c5ccccc5c4c3)n2)c2ccccc12. The number of para-hydroxylation sites is 1. The van der Waals surface area contributed by atoms with E-state index in [2.05, 4.69) is 119 Å². The van der Waals surface area contributed by atoms with Gasteiger partial charge in [0, 0.05) is 16.5 Å². The predicted octanol–water partition coefficient (Wildman–Crippen LogP) is 10.6. The third kappa shape index (κ3) is 4.03. The van der Waals surface area contributed by atoms with E-state index in [1.54, 1.807) is 0 Å². The average Bonchev–Trinajstić information content (AvgIpc) is 3.41. The highest BCUT2D eigenvalue weighted by molar-refractivity contribution is 6.25. The summed E-state index contributed by atoms with van der Waals surface area (Å²) in [5.41, 5.74) is 6.46. The van der Waals surface area contributed by atoms with Crippen LogP contribution >= 0.6 is 0 Å². The van der Waals surface area contributed by atoms with E-state index in [0.717, 1.165) is 44.8 Å². The van der Waals surface area contributed by atoms with Crippen LogP contribution in [0.4, 0.5) is 5.69 Å². The van der Waals surface area contributed by atoms with Gasteiger partial charge in [0.25, 0.3) is 0 Å². The summed E-state index contributed by atoms with van der Waals surface area (Å²) in [4.78, 5) is 14.8. The lowest BCUT2D eigenvalue weighted by Gasteiger charge is -2.14. The lowest BCUT2D eigenvalue weighted by molar-refractivity contribution is 0.959. The van der Waals surface area contributed by atoms with Gasteiger partial charge in [-0.1, -0.05) is 115 Å². The maximum atomic E-state index is 5.25. The second-order valence-electron chi connectivity index (χ2n) is 10.9. The quantitative estimate of drug-likeness (QED) is 0.154. The van der Waals surface area contributed by atoms with E-state index >= 15 is 0 Å². The fourth-order valence-electron chi connectivity index (χ4n) is 6.44. The van der Waals surface area contributed by atoms with E-state index in [-0.39, 0.29) is 0 Å². The third-order valence-electron chi connectivity index (χ3n) is 8.39. The van der Waals surface area contributed by atoms with Gasteiger partial charge in [0.1, 0.15) is 0 Å². The Hall–Kier alpha value is -5.87. The molecule has 0 amide bonds. The molecule has 2 heterocycles. The van der Waals surface area contributed by atoms with Crippen LogP contribution in [0, 0.1) is 0 Å². The lowest BCUT2D eigenvalue weighted by atomic mass is 9.93. The van der Waals surface area contributed by atoms with Crippen LogP contribution in [0.1, 0.15) is 12.6 Å². The molecule has 6 aromatic carbocycles. The van der Waals surface area contributed by atoms with E-state index in [0.29, 0.717) is 5.95 Å². The molecule has 44 heavy (non-hydrogen) atoms. The molecule has 0 bridgehead atoms. The van der Waals surface area contributed by atoms with Gasteiger partial charge in [-0.2, -0.15) is 0 Å². The Kier molecular flexibility index (Phi) is 6.13. The van der Waals surface area contributed by atoms with Crippen molar-refractivity contribution in [1.82, 2.24) is 14.5 Å². The smallest absolute Gasteiger partial charge is 0.235 e. The van der Waals surface area contributed by atoms with Crippen molar-refractivity contribution in [3.05, 3.63) is 139 Å². The largest absolute Gasteiger partial charge is 0.276 e. The number of fused-ring (bicyclic) bond motifs is 7. The molecule has 0 unspecified atom stereocenters. The van der Waals surface area contributed by atoms with Gasteiger partial charge in [0.15, 0.2) is 0 Å². The summed E-state index contributed by atoms with van der Waals surface area (Å²) in [6, 6.07) is 44.6. The van der Waals surface area contributed by atoms with Crippen LogP contribution in [0.15, 0.2) is 138 Å². The van der Waals surface area contributed by atoms with Gasteiger partial charge in [0.05, 0.1) is 28.3 Å². The molecule has 0 saturated heterocycles. The van der Waals surface area contributed by atoms with E-state index in [4.69, 9.17) is 9.97 Å². The van der Waals surface area contributed by atoms with E-state index < -0.39 is 0 Å². The van der Waals surface area contributed by atoms with Gasteiger partial charge in [0.2, 0.25) is 5.95 Å². The molecule has 0 N–H and O–H groups in total. The summed E-state index contributed by atoms with van der Waals surface area (Å²) in [5.74, 6) is 0.587. The van der Waals surface area contributed by atoms with Crippen LogP contribution in [0.3, 0.4) is 0 Å². The number of aromatic nitrogens is 3. The van der Waals surface area contributed by atoms with Crippen LogP contribution in [0.5, 0.6) is 0 Å². The van der Waals surface area contributed by atoms with Gasteiger partial charge in [-0.25, -0.2) is 9.97 Å². The number of aliphatic imine (C=N–C) groups is 1. The first-order chi connectivity index (χ1) is 21.7. The molecule has 2 aromatic heterocycles. The summed E-state index contributed by atoms with van der Waals surface area (Å²) < 4.78 is 2.10. The maximum Gasteiger partial charge on any atom is 0.235 e. The number of rotatable bonds is 5. The normalized spacial score (nSPS) is 11.8. The summed E-state index contributed by atoms with van der Waals surface area (Å²) in [7, 11) is 0. The Morgan fingerprint density at radius 1 is 0.568 bits per heavy atom.